The molecule has 0 radical (unpaired) electrons. The molecule has 2 aliphatic rings. The van der Waals surface area contributed by atoms with Gasteiger partial charge in [0.25, 0.3) is 0 Å². The SMILES string of the molecule is NN1CCC2(CC1)CCN(S)C2. The van der Waals surface area contributed by atoms with E-state index in [1.165, 1.54) is 19.3 Å². The Labute approximate surface area is 79.4 Å². The smallest absolute Gasteiger partial charge is 0.0145 e. The first-order valence-electron chi connectivity index (χ1n) is 4.64. The fraction of sp³-hybridized carbons (Fsp3) is 1.00. The number of nitrogens with zero attached hydrogens (tertiary/aromatic N) is 2. The Morgan fingerprint density at radius 1 is 1.08 bits per heavy atom. The number of hydrazine groups is 1. The van der Waals surface area contributed by atoms with Crippen molar-refractivity contribution in [1.82, 2.24) is 9.31 Å². The lowest BCUT2D eigenvalue weighted by Crippen LogP contribution is -2.44. The number of hydrogen-bond acceptors (Lipinski definition) is 4. The van der Waals surface area contributed by atoms with Gasteiger partial charge in [-0.3, -0.25) is 10.1 Å². The highest BCUT2D eigenvalue weighted by Crippen LogP contribution is 2.40. The Bertz CT molecular complexity index is 166. The van der Waals surface area contributed by atoms with Crippen LogP contribution in [-0.4, -0.2) is 35.5 Å². The molecular formula is C8H17N3S. The summed E-state index contributed by atoms with van der Waals surface area (Å²) in [5.74, 6) is 5.72. The number of thiol groups is 1. The lowest BCUT2D eigenvalue weighted by Gasteiger charge is -2.36. The lowest BCUT2D eigenvalue weighted by molar-refractivity contribution is 0.116. The van der Waals surface area contributed by atoms with Gasteiger partial charge in [-0.1, -0.05) is 12.8 Å². The summed E-state index contributed by atoms with van der Waals surface area (Å²) in [7, 11) is 0. The first kappa shape index (κ1) is 8.81. The molecular weight excluding hydrogens is 170 g/mol. The van der Waals surface area contributed by atoms with Crippen molar-refractivity contribution in [2.24, 2.45) is 11.3 Å². The van der Waals surface area contributed by atoms with Gasteiger partial charge in [0.05, 0.1) is 0 Å². The van der Waals surface area contributed by atoms with Gasteiger partial charge in [0.15, 0.2) is 0 Å². The van der Waals surface area contributed by atoms with Crippen LogP contribution in [0.25, 0.3) is 0 Å². The zero-order valence-corrected chi connectivity index (χ0v) is 8.26. The fourth-order valence-corrected chi connectivity index (χ4v) is 2.72. The van der Waals surface area contributed by atoms with Crippen molar-refractivity contribution in [2.45, 2.75) is 19.3 Å². The molecule has 0 amide bonds. The number of nitrogens with two attached hydrogens (primary N) is 1. The van der Waals surface area contributed by atoms with Gasteiger partial charge in [-0.2, -0.15) is 0 Å². The molecule has 70 valence electrons. The Morgan fingerprint density at radius 2 is 1.67 bits per heavy atom. The summed E-state index contributed by atoms with van der Waals surface area (Å²) in [6.07, 6.45) is 3.81. The second kappa shape index (κ2) is 3.18. The second-order valence-electron chi connectivity index (χ2n) is 4.17. The van der Waals surface area contributed by atoms with Gasteiger partial charge in [0, 0.05) is 26.2 Å². The molecule has 12 heavy (non-hydrogen) atoms. The maximum Gasteiger partial charge on any atom is 0.0145 e. The maximum atomic E-state index is 5.72. The van der Waals surface area contributed by atoms with E-state index in [0.29, 0.717) is 5.41 Å². The number of hydrogen-bond donors (Lipinski definition) is 2. The number of rotatable bonds is 0. The van der Waals surface area contributed by atoms with Gasteiger partial charge in [0.1, 0.15) is 0 Å². The van der Waals surface area contributed by atoms with Crippen LogP contribution in [0.2, 0.25) is 0 Å². The molecule has 0 bridgehead atoms. The van der Waals surface area contributed by atoms with Crippen LogP contribution in [0.1, 0.15) is 19.3 Å². The van der Waals surface area contributed by atoms with Crippen molar-refractivity contribution in [2.75, 3.05) is 26.2 Å². The van der Waals surface area contributed by atoms with Crippen LogP contribution in [-0.2, 0) is 0 Å². The molecule has 0 aromatic heterocycles. The summed E-state index contributed by atoms with van der Waals surface area (Å²) in [6.45, 7) is 4.42. The number of piperidine rings is 1. The normalized spacial score (nSPS) is 31.5. The standard InChI is InChI=1S/C8H17N3S/c9-10-4-1-8(2-5-10)3-6-11(12)7-8/h12H,1-7,9H2. The molecule has 0 atom stereocenters. The van der Waals surface area contributed by atoms with E-state index in [1.54, 1.807) is 0 Å². The van der Waals surface area contributed by atoms with Crippen LogP contribution in [0.3, 0.4) is 0 Å². The Morgan fingerprint density at radius 3 is 2.17 bits per heavy atom. The molecule has 2 rings (SSSR count). The van der Waals surface area contributed by atoms with Gasteiger partial charge in [0.2, 0.25) is 0 Å². The van der Waals surface area contributed by atoms with Crippen molar-refractivity contribution in [3.8, 4) is 0 Å². The lowest BCUT2D eigenvalue weighted by atomic mass is 9.78. The average Bonchev–Trinajstić information content (AvgIpc) is 2.40. The van der Waals surface area contributed by atoms with E-state index in [9.17, 15) is 0 Å². The highest BCUT2D eigenvalue weighted by molar-refractivity contribution is 7.77. The summed E-state index contributed by atoms with van der Waals surface area (Å²) in [4.78, 5) is 0. The third-order valence-electron chi connectivity index (χ3n) is 3.28. The van der Waals surface area contributed by atoms with Crippen LogP contribution in [0, 0.1) is 5.41 Å². The van der Waals surface area contributed by atoms with Crippen LogP contribution in [0.5, 0.6) is 0 Å². The molecule has 0 saturated carbocycles. The van der Waals surface area contributed by atoms with Gasteiger partial charge in [-0.15, -0.1) is 0 Å². The van der Waals surface area contributed by atoms with E-state index in [1.807, 2.05) is 5.01 Å². The Kier molecular flexibility index (Phi) is 2.33. The van der Waals surface area contributed by atoms with Gasteiger partial charge in [-0.05, 0) is 24.7 Å². The van der Waals surface area contributed by atoms with Gasteiger partial charge in [-0.25, -0.2) is 5.01 Å². The summed E-state index contributed by atoms with van der Waals surface area (Å²) >= 11 is 4.39. The Hall–Kier alpha value is 0.230. The molecule has 2 aliphatic heterocycles. The van der Waals surface area contributed by atoms with E-state index in [0.717, 1.165) is 26.2 Å². The fourth-order valence-electron chi connectivity index (χ4n) is 2.32. The van der Waals surface area contributed by atoms with Crippen LogP contribution < -0.4 is 5.84 Å². The maximum absolute atomic E-state index is 5.72. The molecule has 2 heterocycles. The molecule has 2 N–H and O–H groups in total. The highest BCUT2D eigenvalue weighted by Gasteiger charge is 2.39. The zero-order chi connectivity index (χ0) is 8.60. The first-order chi connectivity index (χ1) is 5.70. The van der Waals surface area contributed by atoms with E-state index < -0.39 is 0 Å². The van der Waals surface area contributed by atoms with Crippen molar-refractivity contribution in [1.29, 1.82) is 0 Å². The largest absolute Gasteiger partial charge is 0.269 e. The third kappa shape index (κ3) is 1.62. The van der Waals surface area contributed by atoms with Crippen LogP contribution in [0.15, 0.2) is 0 Å². The van der Waals surface area contributed by atoms with E-state index in [2.05, 4.69) is 17.1 Å². The van der Waals surface area contributed by atoms with Crippen LogP contribution >= 0.6 is 12.8 Å². The summed E-state index contributed by atoms with van der Waals surface area (Å²) in [5.41, 5.74) is 0.553. The van der Waals surface area contributed by atoms with Crippen molar-refractivity contribution in [3.05, 3.63) is 0 Å². The minimum absolute atomic E-state index is 0.553. The quantitative estimate of drug-likeness (QED) is 0.428. The van der Waals surface area contributed by atoms with Crippen molar-refractivity contribution < 1.29 is 0 Å². The summed E-state index contributed by atoms with van der Waals surface area (Å²) in [6, 6.07) is 0. The minimum Gasteiger partial charge on any atom is -0.269 e. The molecule has 2 saturated heterocycles. The van der Waals surface area contributed by atoms with Gasteiger partial charge >= 0.3 is 0 Å². The summed E-state index contributed by atoms with van der Waals surface area (Å²) in [5, 5.41) is 1.94. The van der Waals surface area contributed by atoms with E-state index >= 15 is 0 Å². The van der Waals surface area contributed by atoms with E-state index in [-0.39, 0.29) is 0 Å². The van der Waals surface area contributed by atoms with Gasteiger partial charge < -0.3 is 0 Å². The zero-order valence-electron chi connectivity index (χ0n) is 7.37. The molecule has 0 aliphatic carbocycles. The third-order valence-corrected chi connectivity index (χ3v) is 3.62. The first-order valence-corrected chi connectivity index (χ1v) is 5.04. The molecule has 0 aromatic rings. The van der Waals surface area contributed by atoms with Crippen LogP contribution in [0.4, 0.5) is 0 Å². The summed E-state index contributed by atoms with van der Waals surface area (Å²) < 4.78 is 2.15. The molecule has 0 aromatic carbocycles. The van der Waals surface area contributed by atoms with E-state index in [4.69, 9.17) is 5.84 Å². The molecule has 2 fully saturated rings. The predicted molar refractivity (Wildman–Crippen MR) is 52.6 cm³/mol. The van der Waals surface area contributed by atoms with Crippen molar-refractivity contribution >= 4 is 12.8 Å². The van der Waals surface area contributed by atoms with Crippen molar-refractivity contribution in [3.63, 3.8) is 0 Å². The highest BCUT2D eigenvalue weighted by atomic mass is 32.1. The molecule has 0 unspecified atom stereocenters. The second-order valence-corrected chi connectivity index (χ2v) is 4.74. The minimum atomic E-state index is 0.553. The topological polar surface area (TPSA) is 32.5 Å². The average molecular weight is 187 g/mol. The molecule has 4 heteroatoms. The predicted octanol–water partition coefficient (Wildman–Crippen LogP) is 0.493. The molecule has 1 spiro atoms. The monoisotopic (exact) mass is 187 g/mol. The molecule has 3 nitrogen and oxygen atoms in total. The Balaban J connectivity index is 1.95.